The second kappa shape index (κ2) is 6.10. The van der Waals surface area contributed by atoms with Gasteiger partial charge in [0.05, 0.1) is 11.8 Å². The highest BCUT2D eigenvalue weighted by Crippen LogP contribution is 2.18. The summed E-state index contributed by atoms with van der Waals surface area (Å²) in [7, 11) is 0. The van der Waals surface area contributed by atoms with Crippen LogP contribution in [0.25, 0.3) is 0 Å². The van der Waals surface area contributed by atoms with Crippen molar-refractivity contribution in [1.29, 1.82) is 5.26 Å². The van der Waals surface area contributed by atoms with Crippen LogP contribution in [0.1, 0.15) is 32.5 Å². The van der Waals surface area contributed by atoms with Gasteiger partial charge in [0.25, 0.3) is 0 Å². The number of hydrogen-bond acceptors (Lipinski definition) is 5. The van der Waals surface area contributed by atoms with Crippen LogP contribution in [0.5, 0.6) is 0 Å². The van der Waals surface area contributed by atoms with Crippen molar-refractivity contribution in [2.75, 3.05) is 13.1 Å². The minimum absolute atomic E-state index is 0.0872. The first-order valence-electron chi connectivity index (χ1n) is 6.93. The molecule has 1 amide bonds. The third-order valence-electron chi connectivity index (χ3n) is 3.05. The summed E-state index contributed by atoms with van der Waals surface area (Å²) in [5.41, 5.74) is 0.203. The Kier molecular flexibility index (Phi) is 4.43. The fourth-order valence-electron chi connectivity index (χ4n) is 2.03. The number of hydrogen-bond donors (Lipinski definition) is 1. The van der Waals surface area contributed by atoms with Gasteiger partial charge in [0.15, 0.2) is 0 Å². The maximum atomic E-state index is 11.8. The van der Waals surface area contributed by atoms with Gasteiger partial charge in [0, 0.05) is 25.3 Å². The van der Waals surface area contributed by atoms with E-state index in [1.54, 1.807) is 11.1 Å². The highest BCUT2D eigenvalue weighted by molar-refractivity contribution is 5.69. The lowest BCUT2D eigenvalue weighted by molar-refractivity contribution is 0.00471. The Balaban J connectivity index is 1.82. The van der Waals surface area contributed by atoms with Crippen molar-refractivity contribution in [3.8, 4) is 6.07 Å². The second-order valence-corrected chi connectivity index (χ2v) is 6.07. The highest BCUT2D eigenvalue weighted by atomic mass is 16.6. The Morgan fingerprint density at radius 2 is 2.24 bits per heavy atom. The number of carbonyl (C=O) groups is 1. The second-order valence-electron chi connectivity index (χ2n) is 6.07. The third kappa shape index (κ3) is 4.17. The highest BCUT2D eigenvalue weighted by Gasteiger charge is 2.35. The minimum atomic E-state index is -0.487. The molecular weight excluding hydrogens is 268 g/mol. The predicted molar refractivity (Wildman–Crippen MR) is 77.3 cm³/mol. The van der Waals surface area contributed by atoms with E-state index in [9.17, 15) is 10.1 Å². The predicted octanol–water partition coefficient (Wildman–Crippen LogP) is 1.86. The number of nitrogens with one attached hydrogen (secondary N) is 1. The van der Waals surface area contributed by atoms with E-state index in [0.29, 0.717) is 18.8 Å². The molecule has 6 heteroatoms. The number of likely N-dealkylation sites (tertiary alicyclic amines) is 1. The lowest BCUT2D eigenvalue weighted by atomic mass is 10.1. The average Bonchev–Trinajstić information content (AvgIpc) is 2.36. The SMILES string of the molecule is CC(C)(C)OC(=O)N1CC(NC(C#N)c2ccccn2)C1. The number of ether oxygens (including phenoxy) is 1. The van der Waals surface area contributed by atoms with E-state index in [1.807, 2.05) is 39.0 Å². The van der Waals surface area contributed by atoms with Crippen molar-refractivity contribution in [3.05, 3.63) is 30.1 Å². The summed E-state index contributed by atoms with van der Waals surface area (Å²) in [6.07, 6.45) is 1.35. The maximum Gasteiger partial charge on any atom is 0.410 e. The molecule has 0 saturated carbocycles. The van der Waals surface area contributed by atoms with Gasteiger partial charge in [-0.15, -0.1) is 0 Å². The molecule has 1 aliphatic rings. The van der Waals surface area contributed by atoms with Crippen LogP contribution in [0.4, 0.5) is 4.79 Å². The zero-order chi connectivity index (χ0) is 15.5. The smallest absolute Gasteiger partial charge is 0.410 e. The van der Waals surface area contributed by atoms with E-state index >= 15 is 0 Å². The molecule has 1 fully saturated rings. The molecule has 21 heavy (non-hydrogen) atoms. The molecule has 0 spiro atoms. The molecule has 6 nitrogen and oxygen atoms in total. The molecule has 1 N–H and O–H groups in total. The standard InChI is InChI=1S/C15H20N4O2/c1-15(2,3)21-14(20)19-9-11(10-19)18-13(8-16)12-6-4-5-7-17-12/h4-7,11,13,18H,9-10H2,1-3H3. The molecule has 1 saturated heterocycles. The first kappa shape index (κ1) is 15.3. The van der Waals surface area contributed by atoms with Crippen molar-refractivity contribution in [3.63, 3.8) is 0 Å². The molecule has 0 aromatic carbocycles. The van der Waals surface area contributed by atoms with Gasteiger partial charge >= 0.3 is 6.09 Å². The van der Waals surface area contributed by atoms with Gasteiger partial charge < -0.3 is 9.64 Å². The number of nitriles is 1. The van der Waals surface area contributed by atoms with Crippen LogP contribution in [-0.2, 0) is 4.74 Å². The molecule has 1 unspecified atom stereocenters. The number of amides is 1. The summed E-state index contributed by atoms with van der Waals surface area (Å²) >= 11 is 0. The molecule has 0 radical (unpaired) electrons. The molecule has 2 heterocycles. The summed E-state index contributed by atoms with van der Waals surface area (Å²) in [5, 5.41) is 12.4. The summed E-state index contributed by atoms with van der Waals surface area (Å²) in [4.78, 5) is 17.6. The van der Waals surface area contributed by atoms with Crippen LogP contribution < -0.4 is 5.32 Å². The van der Waals surface area contributed by atoms with Crippen LogP contribution in [0.2, 0.25) is 0 Å². The van der Waals surface area contributed by atoms with Gasteiger partial charge in [-0.2, -0.15) is 5.26 Å². The van der Waals surface area contributed by atoms with E-state index in [2.05, 4.69) is 16.4 Å². The van der Waals surface area contributed by atoms with Crippen LogP contribution in [-0.4, -0.2) is 40.7 Å². The van der Waals surface area contributed by atoms with Crippen molar-refractivity contribution in [2.45, 2.75) is 38.5 Å². The van der Waals surface area contributed by atoms with Crippen molar-refractivity contribution < 1.29 is 9.53 Å². The van der Waals surface area contributed by atoms with E-state index in [1.165, 1.54) is 0 Å². The molecule has 0 bridgehead atoms. The zero-order valence-electron chi connectivity index (χ0n) is 12.5. The number of aromatic nitrogens is 1. The van der Waals surface area contributed by atoms with Gasteiger partial charge in [-0.3, -0.25) is 10.3 Å². The number of nitrogens with zero attached hydrogens (tertiary/aromatic N) is 3. The Morgan fingerprint density at radius 3 is 2.76 bits per heavy atom. The van der Waals surface area contributed by atoms with Gasteiger partial charge in [0.1, 0.15) is 11.6 Å². The van der Waals surface area contributed by atoms with Crippen molar-refractivity contribution >= 4 is 6.09 Å². The Hall–Kier alpha value is -2.13. The number of pyridine rings is 1. The lowest BCUT2D eigenvalue weighted by Crippen LogP contribution is -2.61. The molecule has 1 aromatic heterocycles. The average molecular weight is 288 g/mol. The Labute approximate surface area is 124 Å². The maximum absolute atomic E-state index is 11.8. The zero-order valence-corrected chi connectivity index (χ0v) is 12.5. The van der Waals surface area contributed by atoms with Gasteiger partial charge in [-0.05, 0) is 32.9 Å². The Bertz CT molecular complexity index is 527. The first-order valence-corrected chi connectivity index (χ1v) is 6.93. The van der Waals surface area contributed by atoms with Crippen molar-refractivity contribution in [2.24, 2.45) is 0 Å². The molecular formula is C15H20N4O2. The topological polar surface area (TPSA) is 78.2 Å². The van der Waals surface area contributed by atoms with E-state index in [0.717, 1.165) is 0 Å². The molecule has 1 aliphatic heterocycles. The quantitative estimate of drug-likeness (QED) is 0.918. The molecule has 1 atom stereocenters. The summed E-state index contributed by atoms with van der Waals surface area (Å²) < 4.78 is 5.29. The molecule has 2 rings (SSSR count). The van der Waals surface area contributed by atoms with E-state index in [-0.39, 0.29) is 12.1 Å². The molecule has 1 aromatic rings. The van der Waals surface area contributed by atoms with Gasteiger partial charge in [-0.1, -0.05) is 6.07 Å². The van der Waals surface area contributed by atoms with E-state index < -0.39 is 11.6 Å². The minimum Gasteiger partial charge on any atom is -0.444 e. The van der Waals surface area contributed by atoms with Gasteiger partial charge in [-0.25, -0.2) is 4.79 Å². The summed E-state index contributed by atoms with van der Waals surface area (Å²) in [5.74, 6) is 0. The number of rotatable bonds is 3. The fourth-order valence-corrected chi connectivity index (χ4v) is 2.03. The molecule has 0 aliphatic carbocycles. The summed E-state index contributed by atoms with van der Waals surface area (Å²) in [6, 6.07) is 7.29. The van der Waals surface area contributed by atoms with Gasteiger partial charge in [0.2, 0.25) is 0 Å². The Morgan fingerprint density at radius 1 is 1.52 bits per heavy atom. The monoisotopic (exact) mass is 288 g/mol. The van der Waals surface area contributed by atoms with Crippen molar-refractivity contribution in [1.82, 2.24) is 15.2 Å². The van der Waals surface area contributed by atoms with Crippen LogP contribution in [0.3, 0.4) is 0 Å². The fraction of sp³-hybridized carbons (Fsp3) is 0.533. The first-order chi connectivity index (χ1) is 9.89. The lowest BCUT2D eigenvalue weighted by Gasteiger charge is -2.40. The molecule has 112 valence electrons. The summed E-state index contributed by atoms with van der Waals surface area (Å²) in [6.45, 7) is 6.60. The number of carbonyl (C=O) groups excluding carboxylic acids is 1. The van der Waals surface area contributed by atoms with E-state index in [4.69, 9.17) is 4.74 Å². The van der Waals surface area contributed by atoms with Crippen LogP contribution in [0.15, 0.2) is 24.4 Å². The normalized spacial score (nSPS) is 16.8. The largest absolute Gasteiger partial charge is 0.444 e. The van der Waals surface area contributed by atoms with Crippen LogP contribution in [0, 0.1) is 11.3 Å². The third-order valence-corrected chi connectivity index (χ3v) is 3.05. The van der Waals surface area contributed by atoms with Crippen LogP contribution >= 0.6 is 0 Å².